The van der Waals surface area contributed by atoms with Gasteiger partial charge in [0, 0.05) is 25.7 Å². The predicted molar refractivity (Wildman–Crippen MR) is 68.8 cm³/mol. The van der Waals surface area contributed by atoms with Gasteiger partial charge >= 0.3 is 0 Å². The SMILES string of the molecule is Cl.Cl.N[C@H]1CCN(Cc2cccc(F)c2)C1. The van der Waals surface area contributed by atoms with Gasteiger partial charge in [-0.25, -0.2) is 4.39 Å². The zero-order chi connectivity index (χ0) is 9.97. The van der Waals surface area contributed by atoms with Gasteiger partial charge in [0.1, 0.15) is 5.82 Å². The van der Waals surface area contributed by atoms with E-state index in [2.05, 4.69) is 4.90 Å². The highest BCUT2D eigenvalue weighted by Gasteiger charge is 2.18. The second kappa shape index (κ2) is 7.07. The van der Waals surface area contributed by atoms with Crippen molar-refractivity contribution in [3.63, 3.8) is 0 Å². The smallest absolute Gasteiger partial charge is 0.123 e. The van der Waals surface area contributed by atoms with E-state index in [-0.39, 0.29) is 30.6 Å². The van der Waals surface area contributed by atoms with E-state index in [4.69, 9.17) is 5.73 Å². The minimum atomic E-state index is -0.161. The van der Waals surface area contributed by atoms with Gasteiger partial charge in [0.2, 0.25) is 0 Å². The molecule has 0 bridgehead atoms. The van der Waals surface area contributed by atoms with Crippen molar-refractivity contribution in [1.29, 1.82) is 0 Å². The van der Waals surface area contributed by atoms with Gasteiger partial charge in [-0.3, -0.25) is 4.90 Å². The maximum atomic E-state index is 12.9. The fourth-order valence-electron chi connectivity index (χ4n) is 1.90. The summed E-state index contributed by atoms with van der Waals surface area (Å²) in [7, 11) is 0. The van der Waals surface area contributed by atoms with E-state index >= 15 is 0 Å². The highest BCUT2D eigenvalue weighted by molar-refractivity contribution is 5.85. The number of likely N-dealkylation sites (tertiary alicyclic amines) is 1. The van der Waals surface area contributed by atoms with Crippen molar-refractivity contribution in [2.24, 2.45) is 5.73 Å². The summed E-state index contributed by atoms with van der Waals surface area (Å²) in [6.07, 6.45) is 1.05. The molecule has 1 saturated heterocycles. The Labute approximate surface area is 108 Å². The number of rotatable bonds is 2. The van der Waals surface area contributed by atoms with Crippen LogP contribution in [0.3, 0.4) is 0 Å². The first-order chi connectivity index (χ1) is 6.74. The molecule has 1 aromatic carbocycles. The van der Waals surface area contributed by atoms with E-state index in [0.29, 0.717) is 6.04 Å². The maximum absolute atomic E-state index is 12.9. The zero-order valence-electron chi connectivity index (χ0n) is 8.93. The lowest BCUT2D eigenvalue weighted by molar-refractivity contribution is 0.326. The second-order valence-electron chi connectivity index (χ2n) is 3.91. The summed E-state index contributed by atoms with van der Waals surface area (Å²) in [5, 5.41) is 0. The topological polar surface area (TPSA) is 29.3 Å². The molecule has 0 aromatic heterocycles. The predicted octanol–water partition coefficient (Wildman–Crippen LogP) is 2.20. The van der Waals surface area contributed by atoms with Crippen molar-refractivity contribution >= 4 is 24.8 Å². The van der Waals surface area contributed by atoms with E-state index in [0.717, 1.165) is 31.6 Å². The zero-order valence-corrected chi connectivity index (χ0v) is 10.6. The molecular formula is C11H17Cl2FN2. The number of nitrogens with two attached hydrogens (primary N) is 1. The number of hydrogen-bond acceptors (Lipinski definition) is 2. The molecule has 1 fully saturated rings. The lowest BCUT2D eigenvalue weighted by atomic mass is 10.2. The minimum absolute atomic E-state index is 0. The highest BCUT2D eigenvalue weighted by Crippen LogP contribution is 2.12. The van der Waals surface area contributed by atoms with Crippen LogP contribution in [0.4, 0.5) is 4.39 Å². The van der Waals surface area contributed by atoms with Crippen molar-refractivity contribution in [2.45, 2.75) is 19.0 Å². The molecule has 2 rings (SSSR count). The lowest BCUT2D eigenvalue weighted by Crippen LogP contribution is -2.26. The Balaban J connectivity index is 0.00000112. The quantitative estimate of drug-likeness (QED) is 0.890. The maximum Gasteiger partial charge on any atom is 0.123 e. The van der Waals surface area contributed by atoms with Gasteiger partial charge in [0.25, 0.3) is 0 Å². The van der Waals surface area contributed by atoms with Crippen LogP contribution in [-0.4, -0.2) is 24.0 Å². The fraction of sp³-hybridized carbons (Fsp3) is 0.455. The molecule has 5 heteroatoms. The third-order valence-electron chi connectivity index (χ3n) is 2.60. The van der Waals surface area contributed by atoms with Crippen LogP contribution in [0.25, 0.3) is 0 Å². The van der Waals surface area contributed by atoms with Crippen molar-refractivity contribution in [2.75, 3.05) is 13.1 Å². The molecular weight excluding hydrogens is 250 g/mol. The molecule has 0 aliphatic carbocycles. The number of halogens is 3. The molecule has 2 nitrogen and oxygen atoms in total. The van der Waals surface area contributed by atoms with Gasteiger partial charge in [-0.1, -0.05) is 12.1 Å². The van der Waals surface area contributed by atoms with E-state index in [9.17, 15) is 4.39 Å². The first kappa shape index (κ1) is 15.7. The molecule has 92 valence electrons. The van der Waals surface area contributed by atoms with Crippen LogP contribution in [0.1, 0.15) is 12.0 Å². The van der Waals surface area contributed by atoms with Gasteiger partial charge in [0.15, 0.2) is 0 Å². The van der Waals surface area contributed by atoms with Gasteiger partial charge in [-0.2, -0.15) is 0 Å². The number of hydrogen-bond donors (Lipinski definition) is 1. The van der Waals surface area contributed by atoms with Crippen LogP contribution in [-0.2, 0) is 6.54 Å². The number of benzene rings is 1. The summed E-state index contributed by atoms with van der Waals surface area (Å²) >= 11 is 0. The van der Waals surface area contributed by atoms with E-state index in [1.807, 2.05) is 6.07 Å². The van der Waals surface area contributed by atoms with Gasteiger partial charge in [0.05, 0.1) is 0 Å². The Bertz CT molecular complexity index is 323. The summed E-state index contributed by atoms with van der Waals surface area (Å²) in [6.45, 7) is 2.76. The third-order valence-corrected chi connectivity index (χ3v) is 2.60. The van der Waals surface area contributed by atoms with Crippen molar-refractivity contribution in [1.82, 2.24) is 4.90 Å². The Morgan fingerprint density at radius 2 is 2.12 bits per heavy atom. The van der Waals surface area contributed by atoms with Crippen LogP contribution in [0.15, 0.2) is 24.3 Å². The monoisotopic (exact) mass is 266 g/mol. The molecule has 0 saturated carbocycles. The largest absolute Gasteiger partial charge is 0.326 e. The molecule has 0 amide bonds. The molecule has 1 aliphatic heterocycles. The Kier molecular flexibility index (Phi) is 6.91. The van der Waals surface area contributed by atoms with E-state index in [1.54, 1.807) is 12.1 Å². The normalized spacial score (nSPS) is 20.0. The van der Waals surface area contributed by atoms with Crippen LogP contribution in [0.5, 0.6) is 0 Å². The molecule has 1 aromatic rings. The van der Waals surface area contributed by atoms with Gasteiger partial charge < -0.3 is 5.73 Å². The van der Waals surface area contributed by atoms with E-state index in [1.165, 1.54) is 6.07 Å². The minimum Gasteiger partial charge on any atom is -0.326 e. The lowest BCUT2D eigenvalue weighted by Gasteiger charge is -2.14. The van der Waals surface area contributed by atoms with E-state index < -0.39 is 0 Å². The molecule has 0 spiro atoms. The second-order valence-corrected chi connectivity index (χ2v) is 3.91. The number of nitrogens with zero attached hydrogens (tertiary/aromatic N) is 1. The Morgan fingerprint density at radius 3 is 2.69 bits per heavy atom. The molecule has 0 unspecified atom stereocenters. The summed E-state index contributed by atoms with van der Waals surface area (Å²) in [6, 6.07) is 7.06. The molecule has 2 N–H and O–H groups in total. The molecule has 0 radical (unpaired) electrons. The van der Waals surface area contributed by atoms with Gasteiger partial charge in [-0.15, -0.1) is 24.8 Å². The summed E-state index contributed by atoms with van der Waals surface area (Å²) in [4.78, 5) is 2.26. The standard InChI is InChI=1S/C11H15FN2.2ClH/c12-10-3-1-2-9(6-10)7-14-5-4-11(13)8-14;;/h1-3,6,11H,4-5,7-8,13H2;2*1H/t11-;;/m0../s1. The average molecular weight is 267 g/mol. The van der Waals surface area contributed by atoms with Crippen molar-refractivity contribution in [3.8, 4) is 0 Å². The van der Waals surface area contributed by atoms with Crippen LogP contribution in [0, 0.1) is 5.82 Å². The van der Waals surface area contributed by atoms with Crippen LogP contribution < -0.4 is 5.73 Å². The highest BCUT2D eigenvalue weighted by atomic mass is 35.5. The average Bonchev–Trinajstić information content (AvgIpc) is 2.51. The van der Waals surface area contributed by atoms with Crippen molar-refractivity contribution < 1.29 is 4.39 Å². The van der Waals surface area contributed by atoms with Crippen molar-refractivity contribution in [3.05, 3.63) is 35.6 Å². The molecule has 1 atom stereocenters. The molecule has 1 aliphatic rings. The van der Waals surface area contributed by atoms with Gasteiger partial charge in [-0.05, 0) is 24.1 Å². The van der Waals surface area contributed by atoms with Crippen LogP contribution in [0.2, 0.25) is 0 Å². The fourth-order valence-corrected chi connectivity index (χ4v) is 1.90. The third kappa shape index (κ3) is 4.26. The summed E-state index contributed by atoms with van der Waals surface area (Å²) in [5.41, 5.74) is 6.82. The first-order valence-electron chi connectivity index (χ1n) is 4.96. The van der Waals surface area contributed by atoms with Crippen LogP contribution >= 0.6 is 24.8 Å². The summed E-state index contributed by atoms with van der Waals surface area (Å²) < 4.78 is 12.9. The Hall–Kier alpha value is -0.350. The summed E-state index contributed by atoms with van der Waals surface area (Å²) in [5.74, 6) is -0.161. The first-order valence-corrected chi connectivity index (χ1v) is 4.96. The Morgan fingerprint density at radius 1 is 1.38 bits per heavy atom. The molecule has 16 heavy (non-hydrogen) atoms. The molecule has 1 heterocycles.